The Morgan fingerprint density at radius 3 is 2.65 bits per heavy atom. The summed E-state index contributed by atoms with van der Waals surface area (Å²) < 4.78 is 1.98. The van der Waals surface area contributed by atoms with E-state index in [-0.39, 0.29) is 6.04 Å². The fourth-order valence-electron chi connectivity index (χ4n) is 3.48. The molecule has 0 radical (unpaired) electrons. The highest BCUT2D eigenvalue weighted by molar-refractivity contribution is 5.20. The van der Waals surface area contributed by atoms with Gasteiger partial charge in [0.25, 0.3) is 0 Å². The van der Waals surface area contributed by atoms with Gasteiger partial charge in [0, 0.05) is 48.8 Å². The number of likely N-dealkylation sites (N-methyl/N-ethyl adjacent to an activating group) is 1. The summed E-state index contributed by atoms with van der Waals surface area (Å²) in [5, 5.41) is 8.18. The molecule has 3 heterocycles. The van der Waals surface area contributed by atoms with Crippen molar-refractivity contribution in [3.05, 3.63) is 35.7 Å². The molecule has 7 heteroatoms. The molecule has 2 aromatic rings. The number of likely N-dealkylation sites (tertiary alicyclic amines) is 1. The topological polar surface area (TPSA) is 63.0 Å². The van der Waals surface area contributed by atoms with E-state index in [1.54, 1.807) is 6.20 Å². The maximum absolute atomic E-state index is 4.51. The number of hydrogen-bond donors (Lipinski definition) is 0. The van der Waals surface area contributed by atoms with Gasteiger partial charge in [0.05, 0.1) is 12.2 Å². The molecule has 0 spiro atoms. The number of aryl methyl sites for hydroxylation is 2. The Kier molecular flexibility index (Phi) is 4.41. The second kappa shape index (κ2) is 6.33. The lowest BCUT2D eigenvalue weighted by Crippen LogP contribution is -2.36. The summed E-state index contributed by atoms with van der Waals surface area (Å²) in [6.45, 7) is 8.17. The molecule has 0 bridgehead atoms. The first-order valence-electron chi connectivity index (χ1n) is 8.03. The second-order valence-electron chi connectivity index (χ2n) is 6.57. The monoisotopic (exact) mass is 315 g/mol. The van der Waals surface area contributed by atoms with Gasteiger partial charge in [-0.25, -0.2) is 14.6 Å². The lowest BCUT2D eigenvalue weighted by Gasteiger charge is -2.26. The highest BCUT2D eigenvalue weighted by Gasteiger charge is 2.38. The first-order chi connectivity index (χ1) is 11.0. The molecule has 2 aromatic heterocycles. The number of nitrogens with zero attached hydrogens (tertiary/aromatic N) is 7. The summed E-state index contributed by atoms with van der Waals surface area (Å²) >= 11 is 0. The van der Waals surface area contributed by atoms with Crippen molar-refractivity contribution in [2.24, 2.45) is 0 Å². The molecule has 1 unspecified atom stereocenters. The molecule has 23 heavy (non-hydrogen) atoms. The van der Waals surface area contributed by atoms with Gasteiger partial charge in [0.2, 0.25) is 0 Å². The summed E-state index contributed by atoms with van der Waals surface area (Å²) in [5.74, 6) is 0.825. The minimum absolute atomic E-state index is 0.284. The molecule has 1 saturated heterocycles. The van der Waals surface area contributed by atoms with Crippen LogP contribution in [0, 0.1) is 13.8 Å². The van der Waals surface area contributed by atoms with Gasteiger partial charge in [-0.3, -0.25) is 4.90 Å². The van der Waals surface area contributed by atoms with Gasteiger partial charge in [0.1, 0.15) is 5.82 Å². The number of aromatic nitrogens is 5. The van der Waals surface area contributed by atoms with E-state index in [0.29, 0.717) is 12.1 Å². The summed E-state index contributed by atoms with van der Waals surface area (Å²) in [7, 11) is 4.26. The van der Waals surface area contributed by atoms with E-state index >= 15 is 0 Å². The first-order valence-corrected chi connectivity index (χ1v) is 8.03. The Morgan fingerprint density at radius 1 is 1.26 bits per heavy atom. The van der Waals surface area contributed by atoms with E-state index < -0.39 is 0 Å². The third-order valence-electron chi connectivity index (χ3n) is 4.87. The van der Waals surface area contributed by atoms with Gasteiger partial charge in [-0.1, -0.05) is 5.21 Å². The summed E-state index contributed by atoms with van der Waals surface area (Å²) in [6, 6.07) is 0.999. The zero-order chi connectivity index (χ0) is 16.6. The van der Waals surface area contributed by atoms with Crippen molar-refractivity contribution >= 4 is 0 Å². The average molecular weight is 315 g/mol. The Bertz CT molecular complexity index is 652. The predicted octanol–water partition coefficient (Wildman–Crippen LogP) is 1.23. The van der Waals surface area contributed by atoms with Gasteiger partial charge in [-0.15, -0.1) is 5.10 Å². The van der Waals surface area contributed by atoms with E-state index in [2.05, 4.69) is 58.0 Å². The molecule has 0 N–H and O–H groups in total. The van der Waals surface area contributed by atoms with Crippen LogP contribution in [0.2, 0.25) is 0 Å². The summed E-state index contributed by atoms with van der Waals surface area (Å²) in [5.41, 5.74) is 2.27. The standard InChI is InChI=1S/C16H25N7/c1-11-14(8-17-13(3)19-11)12(2)22-9-15(21(4)5)16(10-22)23-7-6-18-20-23/h6-8,12,15-16H,9-10H2,1-5H3/t12?,15-,16+/m1/s1. The van der Waals surface area contributed by atoms with Crippen molar-refractivity contribution in [1.29, 1.82) is 0 Å². The van der Waals surface area contributed by atoms with Crippen LogP contribution in [-0.2, 0) is 0 Å². The highest BCUT2D eigenvalue weighted by atomic mass is 15.5. The maximum atomic E-state index is 4.51. The number of rotatable bonds is 4. The molecule has 0 saturated carbocycles. The molecular weight excluding hydrogens is 290 g/mol. The molecule has 3 rings (SSSR count). The zero-order valence-electron chi connectivity index (χ0n) is 14.5. The zero-order valence-corrected chi connectivity index (χ0v) is 14.5. The third kappa shape index (κ3) is 3.11. The molecule has 1 aliphatic heterocycles. The molecule has 7 nitrogen and oxygen atoms in total. The fourth-order valence-corrected chi connectivity index (χ4v) is 3.48. The molecule has 0 aromatic carbocycles. The fraction of sp³-hybridized carbons (Fsp3) is 0.625. The van der Waals surface area contributed by atoms with E-state index in [1.807, 2.05) is 24.0 Å². The van der Waals surface area contributed by atoms with Crippen molar-refractivity contribution in [2.45, 2.75) is 38.9 Å². The second-order valence-corrected chi connectivity index (χ2v) is 6.57. The van der Waals surface area contributed by atoms with Gasteiger partial charge in [0.15, 0.2) is 0 Å². The van der Waals surface area contributed by atoms with Gasteiger partial charge in [-0.2, -0.15) is 0 Å². The first kappa shape index (κ1) is 16.0. The molecular formula is C16H25N7. The Hall–Kier alpha value is -1.86. The molecule has 1 aliphatic rings. The minimum Gasteiger partial charge on any atom is -0.303 e. The van der Waals surface area contributed by atoms with Crippen LogP contribution in [0.4, 0.5) is 0 Å². The van der Waals surface area contributed by atoms with Crippen molar-refractivity contribution in [1.82, 2.24) is 34.8 Å². The predicted molar refractivity (Wildman–Crippen MR) is 88.0 cm³/mol. The molecule has 3 atom stereocenters. The molecule has 124 valence electrons. The van der Waals surface area contributed by atoms with Crippen LogP contribution >= 0.6 is 0 Å². The summed E-state index contributed by atoms with van der Waals surface area (Å²) in [6.07, 6.45) is 5.67. The highest BCUT2D eigenvalue weighted by Crippen LogP contribution is 2.32. The van der Waals surface area contributed by atoms with Crippen molar-refractivity contribution < 1.29 is 0 Å². The van der Waals surface area contributed by atoms with Gasteiger partial charge >= 0.3 is 0 Å². The van der Waals surface area contributed by atoms with Crippen LogP contribution in [-0.4, -0.2) is 68.0 Å². The van der Waals surface area contributed by atoms with E-state index in [1.165, 1.54) is 5.56 Å². The quantitative estimate of drug-likeness (QED) is 0.846. The van der Waals surface area contributed by atoms with Crippen LogP contribution in [0.3, 0.4) is 0 Å². The molecule has 1 fully saturated rings. The van der Waals surface area contributed by atoms with Crippen molar-refractivity contribution in [2.75, 3.05) is 27.2 Å². The average Bonchev–Trinajstić information content (AvgIpc) is 3.15. The van der Waals surface area contributed by atoms with Crippen LogP contribution in [0.1, 0.15) is 36.1 Å². The number of hydrogen-bond acceptors (Lipinski definition) is 6. The lowest BCUT2D eigenvalue weighted by atomic mass is 10.1. The Labute approximate surface area is 137 Å². The maximum Gasteiger partial charge on any atom is 0.125 e. The normalized spacial score (nSPS) is 23.6. The summed E-state index contributed by atoms with van der Waals surface area (Å²) in [4.78, 5) is 13.7. The minimum atomic E-state index is 0.284. The van der Waals surface area contributed by atoms with Gasteiger partial charge < -0.3 is 4.90 Å². The lowest BCUT2D eigenvalue weighted by molar-refractivity contribution is 0.223. The van der Waals surface area contributed by atoms with E-state index in [0.717, 1.165) is 24.6 Å². The smallest absolute Gasteiger partial charge is 0.125 e. The van der Waals surface area contributed by atoms with Crippen LogP contribution in [0.25, 0.3) is 0 Å². The largest absolute Gasteiger partial charge is 0.303 e. The van der Waals surface area contributed by atoms with Crippen molar-refractivity contribution in [3.8, 4) is 0 Å². The van der Waals surface area contributed by atoms with Crippen LogP contribution in [0.15, 0.2) is 18.6 Å². The van der Waals surface area contributed by atoms with Gasteiger partial charge in [-0.05, 0) is 34.9 Å². The molecule has 0 aliphatic carbocycles. The third-order valence-corrected chi connectivity index (χ3v) is 4.87. The van der Waals surface area contributed by atoms with E-state index in [4.69, 9.17) is 0 Å². The van der Waals surface area contributed by atoms with Crippen molar-refractivity contribution in [3.63, 3.8) is 0 Å². The van der Waals surface area contributed by atoms with E-state index in [9.17, 15) is 0 Å². The van der Waals surface area contributed by atoms with Crippen LogP contribution in [0.5, 0.6) is 0 Å². The molecule has 0 amide bonds. The Balaban J connectivity index is 1.83. The SMILES string of the molecule is Cc1ncc(C(C)N2C[C@@H](N(C)C)[C@@H](n3ccnn3)C2)c(C)n1. The van der Waals surface area contributed by atoms with Crippen LogP contribution < -0.4 is 0 Å². The Morgan fingerprint density at radius 2 is 2.04 bits per heavy atom.